The lowest BCUT2D eigenvalue weighted by Gasteiger charge is -2.06. The summed E-state index contributed by atoms with van der Waals surface area (Å²) in [6.07, 6.45) is 1.63. The number of hydrogen-bond donors (Lipinski definition) is 2. The van der Waals surface area contributed by atoms with Crippen LogP contribution in [0, 0.1) is 6.92 Å². The van der Waals surface area contributed by atoms with E-state index in [1.54, 1.807) is 30.5 Å². The molecule has 0 bridgehead atoms. The molecule has 5 heteroatoms. The number of amides is 2. The van der Waals surface area contributed by atoms with E-state index in [2.05, 4.69) is 10.3 Å². The monoisotopic (exact) mass is 293 g/mol. The zero-order chi connectivity index (χ0) is 15.7. The van der Waals surface area contributed by atoms with E-state index in [4.69, 9.17) is 5.73 Å². The molecular formula is C17H15N3O2. The quantitative estimate of drug-likeness (QED) is 0.852. The Morgan fingerprint density at radius 3 is 2.64 bits per heavy atom. The average molecular weight is 293 g/mol. The molecule has 3 rings (SSSR count). The van der Waals surface area contributed by atoms with E-state index < -0.39 is 11.8 Å². The van der Waals surface area contributed by atoms with E-state index in [1.165, 1.54) is 0 Å². The van der Waals surface area contributed by atoms with E-state index in [0.717, 1.165) is 16.8 Å². The van der Waals surface area contributed by atoms with Crippen LogP contribution in [0.1, 0.15) is 27.4 Å². The molecule has 0 saturated heterocycles. The van der Waals surface area contributed by atoms with Gasteiger partial charge in [0.25, 0.3) is 0 Å². The second kappa shape index (κ2) is 5.44. The highest BCUT2D eigenvalue weighted by atomic mass is 16.2. The highest BCUT2D eigenvalue weighted by Gasteiger charge is 2.30. The topological polar surface area (TPSA) is 84.5 Å². The maximum Gasteiger partial charge on any atom is 0.248 e. The minimum Gasteiger partial charge on any atom is -0.366 e. The van der Waals surface area contributed by atoms with Crippen molar-refractivity contribution in [2.75, 3.05) is 5.32 Å². The molecule has 3 N–H and O–H groups in total. The van der Waals surface area contributed by atoms with Crippen LogP contribution in [0.5, 0.6) is 0 Å². The molecule has 2 aromatic carbocycles. The van der Waals surface area contributed by atoms with Gasteiger partial charge in [0, 0.05) is 17.5 Å². The zero-order valence-corrected chi connectivity index (χ0v) is 12.0. The third-order valence-corrected chi connectivity index (χ3v) is 3.70. The fourth-order valence-corrected chi connectivity index (χ4v) is 2.56. The Balaban J connectivity index is 1.87. The molecule has 0 spiro atoms. The molecular weight excluding hydrogens is 278 g/mol. The van der Waals surface area contributed by atoms with Crippen LogP contribution in [0.2, 0.25) is 0 Å². The predicted molar refractivity (Wildman–Crippen MR) is 85.7 cm³/mol. The molecule has 1 heterocycles. The maximum absolute atomic E-state index is 12.1. The molecule has 22 heavy (non-hydrogen) atoms. The molecule has 0 radical (unpaired) electrons. The van der Waals surface area contributed by atoms with Crippen LogP contribution in [0.3, 0.4) is 0 Å². The molecule has 110 valence electrons. The van der Waals surface area contributed by atoms with E-state index in [9.17, 15) is 9.59 Å². The average Bonchev–Trinajstić information content (AvgIpc) is 2.82. The zero-order valence-electron chi connectivity index (χ0n) is 12.0. The van der Waals surface area contributed by atoms with Gasteiger partial charge in [0.05, 0.1) is 5.69 Å². The van der Waals surface area contributed by atoms with Crippen molar-refractivity contribution < 1.29 is 9.59 Å². The van der Waals surface area contributed by atoms with Gasteiger partial charge in [0.2, 0.25) is 11.8 Å². The summed E-state index contributed by atoms with van der Waals surface area (Å²) in [4.78, 5) is 27.5. The minimum atomic E-state index is -0.477. The van der Waals surface area contributed by atoms with Gasteiger partial charge < -0.3 is 11.1 Å². The number of carbonyl (C=O) groups excluding carboxylic acids is 2. The van der Waals surface area contributed by atoms with Crippen LogP contribution in [-0.4, -0.2) is 18.0 Å². The Morgan fingerprint density at radius 1 is 1.23 bits per heavy atom. The first-order valence-electron chi connectivity index (χ1n) is 6.90. The Hall–Kier alpha value is -2.95. The smallest absolute Gasteiger partial charge is 0.248 e. The van der Waals surface area contributed by atoms with Crippen molar-refractivity contribution in [2.45, 2.75) is 12.8 Å². The summed E-state index contributed by atoms with van der Waals surface area (Å²) in [6.45, 7) is 1.97. The van der Waals surface area contributed by atoms with Gasteiger partial charge in [-0.15, -0.1) is 0 Å². The molecule has 1 aliphatic rings. The fourth-order valence-electron chi connectivity index (χ4n) is 2.56. The number of carbonyl (C=O) groups is 2. The van der Waals surface area contributed by atoms with Crippen LogP contribution >= 0.6 is 0 Å². The number of benzene rings is 2. The summed E-state index contributed by atoms with van der Waals surface area (Å²) in [7, 11) is 0. The first kappa shape index (κ1) is 14.0. The molecule has 0 aliphatic carbocycles. The predicted octanol–water partition coefficient (Wildman–Crippen LogP) is 2.53. The third kappa shape index (κ3) is 2.48. The normalized spacial score (nSPS) is 16.6. The maximum atomic E-state index is 12.1. The van der Waals surface area contributed by atoms with Gasteiger partial charge in [-0.25, -0.2) is 0 Å². The first-order chi connectivity index (χ1) is 10.6. The number of hydrogen-bond acceptors (Lipinski definition) is 3. The van der Waals surface area contributed by atoms with Crippen molar-refractivity contribution in [1.82, 2.24) is 0 Å². The second-order valence-electron chi connectivity index (χ2n) is 5.19. The Labute approximate surface area is 127 Å². The van der Waals surface area contributed by atoms with Gasteiger partial charge in [-0.1, -0.05) is 12.1 Å². The number of nitrogens with zero attached hydrogens (tertiary/aromatic N) is 1. The molecule has 2 aromatic rings. The number of primary amides is 1. The Morgan fingerprint density at radius 2 is 1.95 bits per heavy atom. The third-order valence-electron chi connectivity index (χ3n) is 3.70. The fraction of sp³-hybridized carbons (Fsp3) is 0.118. The summed E-state index contributed by atoms with van der Waals surface area (Å²) in [5.74, 6) is -0.955. The molecule has 0 saturated carbocycles. The first-order valence-corrected chi connectivity index (χ1v) is 6.90. The van der Waals surface area contributed by atoms with Crippen LogP contribution < -0.4 is 11.1 Å². The highest BCUT2D eigenvalue weighted by molar-refractivity contribution is 6.13. The van der Waals surface area contributed by atoms with E-state index >= 15 is 0 Å². The van der Waals surface area contributed by atoms with Gasteiger partial charge in [-0.2, -0.15) is 0 Å². The minimum absolute atomic E-state index is 0.0817. The Kier molecular flexibility index (Phi) is 3.47. The molecule has 5 nitrogen and oxygen atoms in total. The van der Waals surface area contributed by atoms with Gasteiger partial charge in [0.1, 0.15) is 5.92 Å². The standard InChI is InChI=1S/C17H15N3O2/c1-10-3-2-4-14-15(10)13(17(22)20-14)9-19-12-7-5-11(6-8-12)16(18)21/h2-9,13H,1H3,(H2,18,21)(H,20,22). The van der Waals surface area contributed by atoms with Gasteiger partial charge in [0.15, 0.2) is 0 Å². The number of fused-ring (bicyclic) bond motifs is 1. The number of anilines is 1. The molecule has 0 aromatic heterocycles. The van der Waals surface area contributed by atoms with Crippen LogP contribution in [0.15, 0.2) is 47.5 Å². The lowest BCUT2D eigenvalue weighted by molar-refractivity contribution is -0.115. The van der Waals surface area contributed by atoms with Crippen molar-refractivity contribution in [3.8, 4) is 0 Å². The molecule has 0 fully saturated rings. The Bertz CT molecular complexity index is 779. The summed E-state index contributed by atoms with van der Waals surface area (Å²) in [6, 6.07) is 12.4. The van der Waals surface area contributed by atoms with Crippen molar-refractivity contribution in [1.29, 1.82) is 0 Å². The summed E-state index contributed by atoms with van der Waals surface area (Å²) >= 11 is 0. The van der Waals surface area contributed by atoms with Gasteiger partial charge in [-0.05, 0) is 48.4 Å². The molecule has 1 aliphatic heterocycles. The van der Waals surface area contributed by atoms with E-state index in [-0.39, 0.29) is 5.91 Å². The number of aliphatic imine (C=N–C) groups is 1. The van der Waals surface area contributed by atoms with Crippen molar-refractivity contribution >= 4 is 29.4 Å². The number of aryl methyl sites for hydroxylation is 1. The van der Waals surface area contributed by atoms with E-state index in [0.29, 0.717) is 11.3 Å². The largest absolute Gasteiger partial charge is 0.366 e. The van der Waals surface area contributed by atoms with Gasteiger partial charge >= 0.3 is 0 Å². The van der Waals surface area contributed by atoms with Crippen molar-refractivity contribution in [2.24, 2.45) is 10.7 Å². The summed E-state index contributed by atoms with van der Waals surface area (Å²) < 4.78 is 0. The van der Waals surface area contributed by atoms with Crippen LogP contribution in [0.25, 0.3) is 0 Å². The van der Waals surface area contributed by atoms with Gasteiger partial charge in [-0.3, -0.25) is 14.6 Å². The lowest BCUT2D eigenvalue weighted by Crippen LogP contribution is -2.13. The second-order valence-corrected chi connectivity index (χ2v) is 5.19. The number of rotatable bonds is 3. The number of nitrogens with one attached hydrogen (secondary N) is 1. The lowest BCUT2D eigenvalue weighted by atomic mass is 9.97. The SMILES string of the molecule is Cc1cccc2c1C(C=Nc1ccc(C(N)=O)cc1)C(=O)N2. The summed E-state index contributed by atoms with van der Waals surface area (Å²) in [5.41, 5.74) is 9.14. The molecule has 1 atom stereocenters. The highest BCUT2D eigenvalue weighted by Crippen LogP contribution is 2.34. The van der Waals surface area contributed by atoms with Crippen molar-refractivity contribution in [3.05, 3.63) is 59.2 Å². The molecule has 1 unspecified atom stereocenters. The van der Waals surface area contributed by atoms with E-state index in [1.807, 2.05) is 25.1 Å². The van der Waals surface area contributed by atoms with Crippen molar-refractivity contribution in [3.63, 3.8) is 0 Å². The summed E-state index contributed by atoms with van der Waals surface area (Å²) in [5, 5.41) is 2.86. The van der Waals surface area contributed by atoms with Crippen LogP contribution in [0.4, 0.5) is 11.4 Å². The molecule has 2 amide bonds. The van der Waals surface area contributed by atoms with Crippen LogP contribution in [-0.2, 0) is 4.79 Å². The number of nitrogens with two attached hydrogens (primary N) is 1.